The first-order valence-corrected chi connectivity index (χ1v) is 8.31. The van der Waals surface area contributed by atoms with E-state index in [1.54, 1.807) is 6.20 Å². The molecule has 1 unspecified atom stereocenters. The molecular formula is C18H21N3O2. The second kappa shape index (κ2) is 6.07. The maximum absolute atomic E-state index is 12.7. The number of ether oxygens (including phenoxy) is 1. The highest BCUT2D eigenvalue weighted by Crippen LogP contribution is 2.27. The molecule has 0 N–H and O–H groups in total. The molecule has 1 saturated heterocycles. The molecule has 1 aromatic carbocycles. The maximum Gasteiger partial charge on any atom is 0.227 e. The summed E-state index contributed by atoms with van der Waals surface area (Å²) in [6.07, 6.45) is 7.31. The van der Waals surface area contributed by atoms with Crippen molar-refractivity contribution in [1.82, 2.24) is 14.7 Å². The van der Waals surface area contributed by atoms with Crippen LogP contribution in [0.4, 0.5) is 0 Å². The fraction of sp³-hybridized carbons (Fsp3) is 0.444. The van der Waals surface area contributed by atoms with Crippen LogP contribution in [-0.4, -0.2) is 39.8 Å². The van der Waals surface area contributed by atoms with Gasteiger partial charge in [-0.1, -0.05) is 12.1 Å². The lowest BCUT2D eigenvalue weighted by atomic mass is 10.1. The van der Waals surface area contributed by atoms with Crippen molar-refractivity contribution in [3.63, 3.8) is 0 Å². The molecule has 120 valence electrons. The summed E-state index contributed by atoms with van der Waals surface area (Å²) in [7, 11) is 0. The van der Waals surface area contributed by atoms with E-state index in [-0.39, 0.29) is 11.9 Å². The van der Waals surface area contributed by atoms with Crippen molar-refractivity contribution >= 4 is 5.91 Å². The van der Waals surface area contributed by atoms with Gasteiger partial charge in [-0.25, -0.2) is 0 Å². The summed E-state index contributed by atoms with van der Waals surface area (Å²) < 4.78 is 7.45. The second-order valence-electron chi connectivity index (χ2n) is 6.33. The Morgan fingerprint density at radius 3 is 3.22 bits per heavy atom. The third-order valence-electron chi connectivity index (χ3n) is 4.76. The van der Waals surface area contributed by atoms with Gasteiger partial charge in [-0.3, -0.25) is 9.48 Å². The number of amides is 1. The second-order valence-corrected chi connectivity index (χ2v) is 6.33. The number of nitrogens with zero attached hydrogens (tertiary/aromatic N) is 3. The third kappa shape index (κ3) is 2.96. The monoisotopic (exact) mass is 311 g/mol. The van der Waals surface area contributed by atoms with E-state index in [9.17, 15) is 4.79 Å². The summed E-state index contributed by atoms with van der Waals surface area (Å²) >= 11 is 0. The number of hydrogen-bond acceptors (Lipinski definition) is 3. The molecule has 0 aliphatic carbocycles. The molecule has 0 saturated carbocycles. The van der Waals surface area contributed by atoms with Crippen LogP contribution in [0, 0.1) is 0 Å². The molecule has 2 aromatic rings. The van der Waals surface area contributed by atoms with Gasteiger partial charge in [0, 0.05) is 25.4 Å². The van der Waals surface area contributed by atoms with Crippen LogP contribution < -0.4 is 4.74 Å². The minimum atomic E-state index is 0.221. The average molecular weight is 311 g/mol. The molecule has 1 fully saturated rings. The Morgan fingerprint density at radius 1 is 1.39 bits per heavy atom. The topological polar surface area (TPSA) is 47.4 Å². The summed E-state index contributed by atoms with van der Waals surface area (Å²) in [5.74, 6) is 1.19. The summed E-state index contributed by atoms with van der Waals surface area (Å²) in [4.78, 5) is 14.8. The van der Waals surface area contributed by atoms with Crippen molar-refractivity contribution in [2.24, 2.45) is 0 Å². The van der Waals surface area contributed by atoms with Gasteiger partial charge in [0.05, 0.1) is 25.6 Å². The lowest BCUT2D eigenvalue weighted by Crippen LogP contribution is -2.39. The molecule has 0 spiro atoms. The van der Waals surface area contributed by atoms with Crippen LogP contribution in [0.3, 0.4) is 0 Å². The van der Waals surface area contributed by atoms with E-state index in [4.69, 9.17) is 4.74 Å². The Hall–Kier alpha value is -2.30. The first kappa shape index (κ1) is 14.3. The highest BCUT2D eigenvalue weighted by atomic mass is 16.5. The number of hydrogen-bond donors (Lipinski definition) is 0. The first-order chi connectivity index (χ1) is 11.3. The van der Waals surface area contributed by atoms with Crippen molar-refractivity contribution in [3.05, 3.63) is 47.8 Å². The molecule has 2 aliphatic heterocycles. The number of likely N-dealkylation sites (tertiary alicyclic amines) is 1. The fourth-order valence-electron chi connectivity index (χ4n) is 3.60. The van der Waals surface area contributed by atoms with Crippen LogP contribution in [0.1, 0.15) is 24.0 Å². The van der Waals surface area contributed by atoms with E-state index < -0.39 is 0 Å². The van der Waals surface area contributed by atoms with Crippen LogP contribution in [-0.2, 0) is 24.2 Å². The quantitative estimate of drug-likeness (QED) is 0.868. The molecule has 0 radical (unpaired) electrons. The summed E-state index contributed by atoms with van der Waals surface area (Å²) in [6.45, 7) is 2.40. The number of aromatic nitrogens is 2. The molecule has 0 bridgehead atoms. The van der Waals surface area contributed by atoms with Crippen LogP contribution in [0.5, 0.6) is 5.75 Å². The van der Waals surface area contributed by atoms with Gasteiger partial charge in [-0.15, -0.1) is 0 Å². The highest BCUT2D eigenvalue weighted by Gasteiger charge is 2.29. The zero-order chi connectivity index (χ0) is 15.6. The molecule has 1 atom stereocenters. The van der Waals surface area contributed by atoms with Crippen LogP contribution in [0.25, 0.3) is 0 Å². The lowest BCUT2D eigenvalue weighted by Gasteiger charge is -2.25. The number of rotatable bonds is 4. The van der Waals surface area contributed by atoms with Gasteiger partial charge in [0.2, 0.25) is 5.91 Å². The van der Waals surface area contributed by atoms with E-state index in [2.05, 4.69) is 11.2 Å². The Balaban J connectivity index is 1.43. The van der Waals surface area contributed by atoms with Gasteiger partial charge in [-0.05, 0) is 36.1 Å². The van der Waals surface area contributed by atoms with E-state index >= 15 is 0 Å². The third-order valence-corrected chi connectivity index (χ3v) is 4.76. The predicted octanol–water partition coefficient (Wildman–Crippen LogP) is 2.05. The van der Waals surface area contributed by atoms with Gasteiger partial charge in [0.15, 0.2) is 0 Å². The van der Waals surface area contributed by atoms with Gasteiger partial charge >= 0.3 is 0 Å². The van der Waals surface area contributed by atoms with Crippen molar-refractivity contribution in [2.75, 3.05) is 13.2 Å². The smallest absolute Gasteiger partial charge is 0.227 e. The van der Waals surface area contributed by atoms with E-state index in [1.165, 1.54) is 5.56 Å². The van der Waals surface area contributed by atoms with Crippen molar-refractivity contribution in [1.29, 1.82) is 0 Å². The molecule has 3 heterocycles. The van der Waals surface area contributed by atoms with Crippen molar-refractivity contribution in [3.8, 4) is 5.75 Å². The molecule has 1 aromatic heterocycles. The maximum atomic E-state index is 12.7. The zero-order valence-corrected chi connectivity index (χ0v) is 13.1. The number of carbonyl (C=O) groups is 1. The standard InChI is InChI=1S/C18H21N3O2/c22-18(12-14-4-5-17-15(11-14)6-10-23-17)21-9-1-3-16(21)13-20-8-2-7-19-20/h2,4-5,7-8,11,16H,1,3,6,9-10,12-13H2. The normalized spacial score (nSPS) is 19.7. The molecule has 23 heavy (non-hydrogen) atoms. The fourth-order valence-corrected chi connectivity index (χ4v) is 3.60. The van der Waals surface area contributed by atoms with Crippen molar-refractivity contribution < 1.29 is 9.53 Å². The largest absolute Gasteiger partial charge is 0.493 e. The van der Waals surface area contributed by atoms with Gasteiger partial charge in [0.25, 0.3) is 0 Å². The summed E-state index contributed by atoms with van der Waals surface area (Å²) in [5.41, 5.74) is 2.31. The average Bonchev–Trinajstić information content (AvgIpc) is 3.28. The van der Waals surface area contributed by atoms with Crippen molar-refractivity contribution in [2.45, 2.75) is 38.3 Å². The Bertz CT molecular complexity index is 696. The highest BCUT2D eigenvalue weighted by molar-refractivity contribution is 5.79. The molecule has 5 nitrogen and oxygen atoms in total. The van der Waals surface area contributed by atoms with E-state index in [1.807, 2.05) is 34.0 Å². The van der Waals surface area contributed by atoms with E-state index in [0.29, 0.717) is 6.42 Å². The Morgan fingerprint density at radius 2 is 2.35 bits per heavy atom. The van der Waals surface area contributed by atoms with Crippen LogP contribution >= 0.6 is 0 Å². The first-order valence-electron chi connectivity index (χ1n) is 8.31. The molecular weight excluding hydrogens is 290 g/mol. The summed E-state index contributed by atoms with van der Waals surface area (Å²) in [5, 5.41) is 4.26. The SMILES string of the molecule is O=C(Cc1ccc2c(c1)CCO2)N1CCCC1Cn1cccn1. The lowest BCUT2D eigenvalue weighted by molar-refractivity contribution is -0.131. The Labute approximate surface area is 135 Å². The summed E-state index contributed by atoms with van der Waals surface area (Å²) in [6, 6.07) is 8.32. The molecule has 2 aliphatic rings. The number of carbonyl (C=O) groups excluding carboxylic acids is 1. The number of fused-ring (bicyclic) bond motifs is 1. The molecule has 1 amide bonds. The van der Waals surface area contributed by atoms with Gasteiger partial charge in [0.1, 0.15) is 5.75 Å². The predicted molar refractivity (Wildman–Crippen MR) is 86.3 cm³/mol. The minimum absolute atomic E-state index is 0.221. The minimum Gasteiger partial charge on any atom is -0.493 e. The molecule has 5 heteroatoms. The number of benzene rings is 1. The molecule has 4 rings (SSSR count). The van der Waals surface area contributed by atoms with E-state index in [0.717, 1.165) is 50.3 Å². The zero-order valence-electron chi connectivity index (χ0n) is 13.1. The van der Waals surface area contributed by atoms with Gasteiger partial charge < -0.3 is 9.64 Å². The van der Waals surface area contributed by atoms with Gasteiger partial charge in [-0.2, -0.15) is 5.10 Å². The van der Waals surface area contributed by atoms with Crippen LogP contribution in [0.2, 0.25) is 0 Å². The van der Waals surface area contributed by atoms with Crippen LogP contribution in [0.15, 0.2) is 36.7 Å². The Kier molecular flexibility index (Phi) is 3.77.